The van der Waals surface area contributed by atoms with Crippen molar-refractivity contribution in [3.05, 3.63) is 35.4 Å². The number of carbonyl (C=O) groups excluding carboxylic acids is 1. The van der Waals surface area contributed by atoms with Crippen molar-refractivity contribution in [2.45, 2.75) is 59.6 Å². The van der Waals surface area contributed by atoms with Crippen molar-refractivity contribution in [2.75, 3.05) is 20.1 Å². The average molecular weight is 335 g/mol. The van der Waals surface area contributed by atoms with Crippen molar-refractivity contribution in [3.8, 4) is 0 Å². The second-order valence-corrected chi connectivity index (χ2v) is 7.85. The van der Waals surface area contributed by atoms with Crippen LogP contribution < -0.4 is 5.32 Å². The Bertz CT molecular complexity index is 489. The number of hydrogen-bond acceptors (Lipinski definition) is 3. The van der Waals surface area contributed by atoms with E-state index in [2.05, 4.69) is 43.4 Å². The third-order valence-corrected chi connectivity index (χ3v) is 3.55. The van der Waals surface area contributed by atoms with Gasteiger partial charge >= 0.3 is 6.09 Å². The lowest BCUT2D eigenvalue weighted by atomic mass is 10.0. The Morgan fingerprint density at radius 3 is 2.29 bits per heavy atom. The minimum Gasteiger partial charge on any atom is -0.444 e. The smallest absolute Gasteiger partial charge is 0.410 e. The molecule has 0 radical (unpaired) electrons. The molecule has 24 heavy (non-hydrogen) atoms. The van der Waals surface area contributed by atoms with Crippen LogP contribution in [0.3, 0.4) is 0 Å². The number of nitrogens with one attached hydrogen (secondary N) is 1. The van der Waals surface area contributed by atoms with Crippen LogP contribution in [0.2, 0.25) is 0 Å². The Morgan fingerprint density at radius 2 is 1.75 bits per heavy atom. The summed E-state index contributed by atoms with van der Waals surface area (Å²) in [4.78, 5) is 13.5. The zero-order valence-corrected chi connectivity index (χ0v) is 16.2. The fourth-order valence-electron chi connectivity index (χ4n) is 2.37. The van der Waals surface area contributed by atoms with Gasteiger partial charge in [-0.05, 0) is 57.2 Å². The van der Waals surface area contributed by atoms with Gasteiger partial charge in [0.2, 0.25) is 0 Å². The summed E-state index contributed by atoms with van der Waals surface area (Å²) < 4.78 is 5.33. The van der Waals surface area contributed by atoms with E-state index in [0.29, 0.717) is 12.5 Å². The van der Waals surface area contributed by atoms with Gasteiger partial charge in [0.05, 0.1) is 0 Å². The van der Waals surface area contributed by atoms with Gasteiger partial charge in [-0.15, -0.1) is 0 Å². The largest absolute Gasteiger partial charge is 0.444 e. The lowest BCUT2D eigenvalue weighted by molar-refractivity contribution is 0.0297. The first-order chi connectivity index (χ1) is 11.2. The number of hydrogen-bond donors (Lipinski definition) is 1. The van der Waals surface area contributed by atoms with E-state index in [9.17, 15) is 4.79 Å². The maximum Gasteiger partial charge on any atom is 0.410 e. The van der Waals surface area contributed by atoms with E-state index in [-0.39, 0.29) is 6.09 Å². The summed E-state index contributed by atoms with van der Waals surface area (Å²) in [5.74, 6) is 0.691. The molecule has 1 amide bonds. The van der Waals surface area contributed by atoms with Crippen LogP contribution in [0.1, 0.15) is 52.2 Å². The minimum absolute atomic E-state index is 0.261. The summed E-state index contributed by atoms with van der Waals surface area (Å²) in [7, 11) is 1.78. The highest BCUT2D eigenvalue weighted by Gasteiger charge is 2.18. The number of nitrogens with zero attached hydrogens (tertiary/aromatic N) is 1. The number of ether oxygens (including phenoxy) is 1. The van der Waals surface area contributed by atoms with Crippen molar-refractivity contribution in [1.82, 2.24) is 10.2 Å². The first-order valence-corrected chi connectivity index (χ1v) is 8.90. The Kier molecular flexibility index (Phi) is 8.26. The van der Waals surface area contributed by atoms with Gasteiger partial charge in [-0.2, -0.15) is 0 Å². The molecule has 0 spiro atoms. The molecule has 136 valence electrons. The van der Waals surface area contributed by atoms with E-state index in [1.165, 1.54) is 11.1 Å². The number of rotatable bonds is 8. The van der Waals surface area contributed by atoms with Gasteiger partial charge < -0.3 is 15.0 Å². The zero-order chi connectivity index (χ0) is 18.2. The molecule has 1 aromatic carbocycles. The maximum absolute atomic E-state index is 11.8. The van der Waals surface area contributed by atoms with Gasteiger partial charge in [0.1, 0.15) is 5.60 Å². The van der Waals surface area contributed by atoms with Crippen LogP contribution in [0, 0.1) is 5.92 Å². The van der Waals surface area contributed by atoms with E-state index in [1.807, 2.05) is 20.8 Å². The van der Waals surface area contributed by atoms with Crippen molar-refractivity contribution < 1.29 is 9.53 Å². The molecule has 0 heterocycles. The third kappa shape index (κ3) is 8.92. The molecule has 0 fully saturated rings. The molecule has 1 rings (SSSR count). The SMILES string of the molecule is CC(C)Cc1ccc(CNCCCN(C)C(=O)OC(C)(C)C)cc1. The van der Waals surface area contributed by atoms with Crippen molar-refractivity contribution in [2.24, 2.45) is 5.92 Å². The first kappa shape index (κ1) is 20.5. The number of carbonyl (C=O) groups is 1. The van der Waals surface area contributed by atoms with Gasteiger partial charge in [-0.25, -0.2) is 4.79 Å². The lowest BCUT2D eigenvalue weighted by Crippen LogP contribution is -2.35. The van der Waals surface area contributed by atoms with Gasteiger partial charge in [-0.1, -0.05) is 38.1 Å². The lowest BCUT2D eigenvalue weighted by Gasteiger charge is -2.24. The van der Waals surface area contributed by atoms with Crippen LogP contribution in [-0.2, 0) is 17.7 Å². The summed E-state index contributed by atoms with van der Waals surface area (Å²) in [5.41, 5.74) is 2.25. The molecule has 1 N–H and O–H groups in total. The number of amides is 1. The maximum atomic E-state index is 11.8. The highest BCUT2D eigenvalue weighted by molar-refractivity contribution is 5.67. The van der Waals surface area contributed by atoms with Crippen LogP contribution in [0.5, 0.6) is 0 Å². The molecular weight excluding hydrogens is 300 g/mol. The molecule has 0 atom stereocenters. The number of benzene rings is 1. The first-order valence-electron chi connectivity index (χ1n) is 8.90. The van der Waals surface area contributed by atoms with Gasteiger partial charge in [0.15, 0.2) is 0 Å². The van der Waals surface area contributed by atoms with Crippen molar-refractivity contribution in [1.29, 1.82) is 0 Å². The van der Waals surface area contributed by atoms with Crippen LogP contribution in [0.25, 0.3) is 0 Å². The van der Waals surface area contributed by atoms with Crippen molar-refractivity contribution in [3.63, 3.8) is 0 Å². The molecule has 0 saturated heterocycles. The molecule has 0 aliphatic heterocycles. The summed E-state index contributed by atoms with van der Waals surface area (Å²) in [6, 6.07) is 8.82. The second-order valence-electron chi connectivity index (χ2n) is 7.85. The molecule has 0 bridgehead atoms. The molecule has 0 aromatic heterocycles. The van der Waals surface area contributed by atoms with Crippen LogP contribution in [-0.4, -0.2) is 36.7 Å². The van der Waals surface area contributed by atoms with Gasteiger partial charge in [-0.3, -0.25) is 0 Å². The molecule has 0 unspecified atom stereocenters. The van der Waals surface area contributed by atoms with E-state index >= 15 is 0 Å². The van der Waals surface area contributed by atoms with E-state index in [4.69, 9.17) is 4.74 Å². The molecule has 4 heteroatoms. The highest BCUT2D eigenvalue weighted by Crippen LogP contribution is 2.10. The Balaban J connectivity index is 2.20. The van der Waals surface area contributed by atoms with E-state index in [1.54, 1.807) is 11.9 Å². The fourth-order valence-corrected chi connectivity index (χ4v) is 2.37. The summed E-state index contributed by atoms with van der Waals surface area (Å²) in [5, 5.41) is 3.43. The third-order valence-electron chi connectivity index (χ3n) is 3.55. The summed E-state index contributed by atoms with van der Waals surface area (Å²) in [6.07, 6.45) is 1.77. The topological polar surface area (TPSA) is 41.6 Å². The van der Waals surface area contributed by atoms with Crippen LogP contribution >= 0.6 is 0 Å². The summed E-state index contributed by atoms with van der Waals surface area (Å²) >= 11 is 0. The molecule has 4 nitrogen and oxygen atoms in total. The Hall–Kier alpha value is -1.55. The van der Waals surface area contributed by atoms with E-state index < -0.39 is 5.60 Å². The predicted molar refractivity (Wildman–Crippen MR) is 100 cm³/mol. The zero-order valence-electron chi connectivity index (χ0n) is 16.2. The van der Waals surface area contributed by atoms with Gasteiger partial charge in [0, 0.05) is 20.1 Å². The van der Waals surface area contributed by atoms with Gasteiger partial charge in [0.25, 0.3) is 0 Å². The second kappa shape index (κ2) is 9.67. The Labute approximate surface area is 147 Å². The Morgan fingerprint density at radius 1 is 1.17 bits per heavy atom. The summed E-state index contributed by atoms with van der Waals surface area (Å²) in [6.45, 7) is 12.5. The molecule has 0 aliphatic rings. The van der Waals surface area contributed by atoms with Crippen LogP contribution in [0.15, 0.2) is 24.3 Å². The minimum atomic E-state index is -0.439. The molecule has 1 aromatic rings. The van der Waals surface area contributed by atoms with Crippen molar-refractivity contribution >= 4 is 6.09 Å². The van der Waals surface area contributed by atoms with Crippen LogP contribution in [0.4, 0.5) is 4.79 Å². The predicted octanol–water partition coefficient (Wildman–Crippen LogP) is 4.23. The quantitative estimate of drug-likeness (QED) is 0.723. The van der Waals surface area contributed by atoms with E-state index in [0.717, 1.165) is 25.9 Å². The molecule has 0 saturated carbocycles. The average Bonchev–Trinajstić information content (AvgIpc) is 2.46. The fraction of sp³-hybridized carbons (Fsp3) is 0.650. The normalized spacial score (nSPS) is 11.6. The standard InChI is InChI=1S/C20H34N2O2/c1-16(2)14-17-8-10-18(11-9-17)15-21-12-7-13-22(6)19(23)24-20(3,4)5/h8-11,16,21H,7,12-15H2,1-6H3. The molecule has 0 aliphatic carbocycles. The molecular formula is C20H34N2O2. The monoisotopic (exact) mass is 334 g/mol. The highest BCUT2D eigenvalue weighted by atomic mass is 16.6.